The minimum Gasteiger partial charge on any atom is -0.481 e. The molecule has 0 aliphatic carbocycles. The summed E-state index contributed by atoms with van der Waals surface area (Å²) in [5, 5.41) is 19.3. The largest absolute Gasteiger partial charge is 0.481 e. The van der Waals surface area contributed by atoms with E-state index in [0.29, 0.717) is 12.8 Å². The molecule has 10 heteroatoms. The summed E-state index contributed by atoms with van der Waals surface area (Å²) in [6, 6.07) is 6.25. The van der Waals surface area contributed by atoms with E-state index in [1.54, 1.807) is 32.9 Å². The summed E-state index contributed by atoms with van der Waals surface area (Å²) in [7, 11) is -3.86. The fourth-order valence-corrected chi connectivity index (χ4v) is 3.52. The van der Waals surface area contributed by atoms with Gasteiger partial charge in [0.2, 0.25) is 5.96 Å². The van der Waals surface area contributed by atoms with Crippen molar-refractivity contribution in [2.75, 3.05) is 6.54 Å². The van der Waals surface area contributed by atoms with E-state index in [-0.39, 0.29) is 30.2 Å². The quantitative estimate of drug-likeness (QED) is 0.189. The molecule has 0 spiro atoms. The molecule has 0 aromatic heterocycles. The predicted molar refractivity (Wildman–Crippen MR) is 113 cm³/mol. The van der Waals surface area contributed by atoms with Crippen LogP contribution in [-0.2, 0) is 24.3 Å². The van der Waals surface area contributed by atoms with Gasteiger partial charge in [0.25, 0.3) is 10.0 Å². The van der Waals surface area contributed by atoms with Gasteiger partial charge < -0.3 is 15.2 Å². The molecule has 168 valence electrons. The highest BCUT2D eigenvalue weighted by molar-refractivity contribution is 7.90. The lowest BCUT2D eigenvalue weighted by molar-refractivity contribution is -0.160. The van der Waals surface area contributed by atoms with Crippen molar-refractivity contribution in [3.63, 3.8) is 0 Å². The molecule has 30 heavy (non-hydrogen) atoms. The molecule has 0 saturated heterocycles. The average molecular weight is 442 g/mol. The lowest BCUT2D eigenvalue weighted by atomic mass is 9.97. The smallest absolute Gasteiger partial charge is 0.309 e. The second-order valence-corrected chi connectivity index (χ2v) is 9.71. The molecule has 0 radical (unpaired) electrons. The van der Waals surface area contributed by atoms with Gasteiger partial charge in [-0.2, -0.15) is 0 Å². The highest BCUT2D eigenvalue weighted by Gasteiger charge is 2.25. The molecular weight excluding hydrogens is 410 g/mol. The Morgan fingerprint density at radius 2 is 1.77 bits per heavy atom. The van der Waals surface area contributed by atoms with E-state index in [1.807, 2.05) is 6.92 Å². The Hall–Kier alpha value is -2.62. The van der Waals surface area contributed by atoms with Gasteiger partial charge in [-0.15, -0.1) is 0 Å². The Balaban J connectivity index is 2.54. The number of aliphatic carboxylic acids is 1. The summed E-state index contributed by atoms with van der Waals surface area (Å²) in [4.78, 5) is 23.2. The number of hydrogen-bond donors (Lipinski definition) is 4. The summed E-state index contributed by atoms with van der Waals surface area (Å²) in [5.41, 5.74) is 0.247. The molecule has 0 amide bonds. The van der Waals surface area contributed by atoms with E-state index in [4.69, 9.17) is 15.3 Å². The molecule has 9 nitrogen and oxygen atoms in total. The van der Waals surface area contributed by atoms with Crippen LogP contribution in [0.2, 0.25) is 0 Å². The molecule has 1 aromatic rings. The molecule has 0 heterocycles. The van der Waals surface area contributed by atoms with Gasteiger partial charge in [-0.25, -0.2) is 13.1 Å². The third-order valence-electron chi connectivity index (χ3n) is 4.05. The van der Waals surface area contributed by atoms with Crippen LogP contribution in [0.25, 0.3) is 0 Å². The predicted octanol–water partition coefficient (Wildman–Crippen LogP) is 2.40. The molecule has 1 rings (SSSR count). The Kier molecular flexibility index (Phi) is 9.28. The molecule has 0 unspecified atom stereocenters. The summed E-state index contributed by atoms with van der Waals surface area (Å²) in [6.07, 6.45) is 0.788. The molecular formula is C20H31N3O6S. The zero-order chi connectivity index (χ0) is 22.9. The molecule has 0 bridgehead atoms. The Morgan fingerprint density at radius 3 is 2.30 bits per heavy atom. The number of hydrogen-bond acceptors (Lipinski definition) is 6. The number of carboxylic acids is 1. The number of rotatable bonds is 10. The van der Waals surface area contributed by atoms with Crippen LogP contribution < -0.4 is 10.0 Å². The van der Waals surface area contributed by atoms with Crippen LogP contribution in [0.5, 0.6) is 0 Å². The summed E-state index contributed by atoms with van der Waals surface area (Å²) in [5.74, 6) is -2.41. The first-order valence-corrected chi connectivity index (χ1v) is 11.1. The highest BCUT2D eigenvalue weighted by atomic mass is 32.2. The topological polar surface area (TPSA) is 146 Å². The summed E-state index contributed by atoms with van der Waals surface area (Å²) >= 11 is 0. The van der Waals surface area contributed by atoms with Crippen LogP contribution in [0.15, 0.2) is 29.2 Å². The number of aryl methyl sites for hydroxylation is 1. The van der Waals surface area contributed by atoms with Crippen molar-refractivity contribution < 1.29 is 27.9 Å². The molecule has 4 N–H and O–H groups in total. The SMILES string of the molecule is Cc1ccc(S(=O)(=O)NC(=N)NCCC[C@@H](CCC(=O)O)C(=O)OC(C)(C)C)cc1. The van der Waals surface area contributed by atoms with Crippen LogP contribution in [-0.4, -0.2) is 43.6 Å². The van der Waals surface area contributed by atoms with Crippen molar-refractivity contribution in [2.24, 2.45) is 5.92 Å². The van der Waals surface area contributed by atoms with E-state index >= 15 is 0 Å². The van der Waals surface area contributed by atoms with E-state index < -0.39 is 33.5 Å². The second-order valence-electron chi connectivity index (χ2n) is 8.03. The number of guanidine groups is 1. The van der Waals surface area contributed by atoms with E-state index in [1.165, 1.54) is 12.1 Å². The Morgan fingerprint density at radius 1 is 1.17 bits per heavy atom. The van der Waals surface area contributed by atoms with Crippen LogP contribution in [0.1, 0.15) is 52.0 Å². The Bertz CT molecular complexity index is 844. The number of benzene rings is 1. The average Bonchev–Trinajstić information content (AvgIpc) is 2.59. The number of esters is 1. The maximum atomic E-state index is 12.3. The minimum atomic E-state index is -3.86. The number of carbonyl (C=O) groups excluding carboxylic acids is 1. The second kappa shape index (κ2) is 11.0. The van der Waals surface area contributed by atoms with Gasteiger partial charge in [0.15, 0.2) is 0 Å². The zero-order valence-electron chi connectivity index (χ0n) is 17.8. The van der Waals surface area contributed by atoms with E-state index in [2.05, 4.69) is 10.0 Å². The fraction of sp³-hybridized carbons (Fsp3) is 0.550. The first kappa shape index (κ1) is 25.4. The first-order chi connectivity index (χ1) is 13.8. The van der Waals surface area contributed by atoms with Crippen molar-refractivity contribution in [3.8, 4) is 0 Å². The van der Waals surface area contributed by atoms with Gasteiger partial charge in [-0.1, -0.05) is 17.7 Å². The molecule has 0 aliphatic rings. The van der Waals surface area contributed by atoms with Gasteiger partial charge in [-0.3, -0.25) is 15.0 Å². The molecule has 0 aliphatic heterocycles. The van der Waals surface area contributed by atoms with Crippen LogP contribution >= 0.6 is 0 Å². The van der Waals surface area contributed by atoms with Crippen molar-refractivity contribution in [1.29, 1.82) is 5.41 Å². The monoisotopic (exact) mass is 441 g/mol. The van der Waals surface area contributed by atoms with Gasteiger partial charge in [0, 0.05) is 13.0 Å². The summed E-state index contributed by atoms with van der Waals surface area (Å²) in [6.45, 7) is 7.29. The van der Waals surface area contributed by atoms with Gasteiger partial charge in [-0.05, 0) is 59.1 Å². The van der Waals surface area contributed by atoms with Crippen molar-refractivity contribution in [1.82, 2.24) is 10.0 Å². The first-order valence-electron chi connectivity index (χ1n) is 9.67. The third kappa shape index (κ3) is 9.73. The van der Waals surface area contributed by atoms with Crippen LogP contribution in [0.4, 0.5) is 0 Å². The maximum Gasteiger partial charge on any atom is 0.309 e. The van der Waals surface area contributed by atoms with Crippen molar-refractivity contribution >= 4 is 27.9 Å². The highest BCUT2D eigenvalue weighted by Crippen LogP contribution is 2.19. The van der Waals surface area contributed by atoms with Gasteiger partial charge in [0.05, 0.1) is 10.8 Å². The van der Waals surface area contributed by atoms with E-state index in [9.17, 15) is 18.0 Å². The van der Waals surface area contributed by atoms with Crippen molar-refractivity contribution in [2.45, 2.75) is 63.9 Å². The molecule has 1 aromatic carbocycles. The number of sulfonamides is 1. The number of carbonyl (C=O) groups is 2. The maximum absolute atomic E-state index is 12.3. The number of ether oxygens (including phenoxy) is 1. The standard InChI is InChI=1S/C20H31N3O6S/c1-14-7-10-16(11-8-14)30(27,28)23-19(21)22-13-5-6-15(9-12-17(24)25)18(26)29-20(2,3)4/h7-8,10-11,15H,5-6,9,12-13H2,1-4H3,(H,24,25)(H3,21,22,23)/t15-/m0/s1. The molecule has 0 saturated carbocycles. The van der Waals surface area contributed by atoms with Crippen LogP contribution in [0.3, 0.4) is 0 Å². The summed E-state index contributed by atoms with van der Waals surface area (Å²) < 4.78 is 32.0. The third-order valence-corrected chi connectivity index (χ3v) is 5.41. The van der Waals surface area contributed by atoms with Crippen LogP contribution in [0, 0.1) is 18.3 Å². The normalized spacial score (nSPS) is 12.7. The lowest BCUT2D eigenvalue weighted by Gasteiger charge is -2.24. The minimum absolute atomic E-state index is 0.0540. The fourth-order valence-electron chi connectivity index (χ4n) is 2.57. The Labute approximate surface area is 177 Å². The lowest BCUT2D eigenvalue weighted by Crippen LogP contribution is -2.40. The van der Waals surface area contributed by atoms with E-state index in [0.717, 1.165) is 5.56 Å². The zero-order valence-corrected chi connectivity index (χ0v) is 18.6. The molecule has 1 atom stereocenters. The molecule has 0 fully saturated rings. The van der Waals surface area contributed by atoms with Crippen molar-refractivity contribution in [3.05, 3.63) is 29.8 Å². The number of nitrogens with one attached hydrogen (secondary N) is 3. The van der Waals surface area contributed by atoms with Gasteiger partial charge in [0.1, 0.15) is 5.60 Å². The number of carboxylic acid groups (broad SMARTS) is 1. The van der Waals surface area contributed by atoms with Gasteiger partial charge >= 0.3 is 11.9 Å².